The van der Waals surface area contributed by atoms with Crippen LogP contribution in [0.2, 0.25) is 0 Å². The number of rotatable bonds is 2. The molecule has 0 spiro atoms. The maximum absolute atomic E-state index is 5.56. The summed E-state index contributed by atoms with van der Waals surface area (Å²) in [4.78, 5) is 2.88. The molecule has 0 fully saturated rings. The molecule has 48 valence electrons. The van der Waals surface area contributed by atoms with Gasteiger partial charge in [-0.1, -0.05) is 6.58 Å². The first-order chi connectivity index (χ1) is 4.34. The molecule has 0 aliphatic rings. The lowest BCUT2D eigenvalue weighted by Crippen LogP contribution is -2.41. The lowest BCUT2D eigenvalue weighted by atomic mass is 10.5. The minimum absolute atomic E-state index is 0.115. The molecule has 0 aliphatic carbocycles. The quantitative estimate of drug-likeness (QED) is 0.421. The zero-order chi connectivity index (χ0) is 6.69. The molecule has 1 unspecified atom stereocenters. The fraction of sp³-hybridized carbons (Fsp3) is 0.167. The number of hydrogen-bond donors (Lipinski definition) is 2. The van der Waals surface area contributed by atoms with E-state index >= 15 is 0 Å². The van der Waals surface area contributed by atoms with Crippen LogP contribution < -0.4 is 10.3 Å². The van der Waals surface area contributed by atoms with Gasteiger partial charge < -0.3 is 0 Å². The largest absolute Gasteiger partial charge is 0.289 e. The van der Waals surface area contributed by atoms with Crippen molar-refractivity contribution in [2.24, 2.45) is 5.73 Å². The molecule has 0 bridgehead atoms. The summed E-state index contributed by atoms with van der Waals surface area (Å²) < 4.78 is 1.83. The van der Waals surface area contributed by atoms with Gasteiger partial charge in [-0.15, -0.1) is 0 Å². The fourth-order valence-electron chi connectivity index (χ4n) is 0.608. The van der Waals surface area contributed by atoms with Crippen LogP contribution >= 0.6 is 0 Å². The Labute approximate surface area is 53.8 Å². The van der Waals surface area contributed by atoms with Crippen LogP contribution in [0.1, 0.15) is 6.17 Å². The highest BCUT2D eigenvalue weighted by Crippen LogP contribution is 1.82. The molecule has 3 heteroatoms. The second-order valence-electron chi connectivity index (χ2n) is 1.79. The van der Waals surface area contributed by atoms with Crippen LogP contribution in [-0.4, -0.2) is 4.98 Å². The molecule has 1 aromatic heterocycles. The molecule has 9 heavy (non-hydrogen) atoms. The monoisotopic (exact) mass is 124 g/mol. The van der Waals surface area contributed by atoms with Crippen molar-refractivity contribution in [2.45, 2.75) is 6.17 Å². The van der Waals surface area contributed by atoms with E-state index in [1.807, 2.05) is 17.0 Å². The van der Waals surface area contributed by atoms with Crippen molar-refractivity contribution in [3.05, 3.63) is 31.4 Å². The predicted molar refractivity (Wildman–Crippen MR) is 34.4 cm³/mol. The number of nitrogens with two attached hydrogens (primary N) is 1. The van der Waals surface area contributed by atoms with E-state index < -0.39 is 0 Å². The molecule has 3 nitrogen and oxygen atoms in total. The summed E-state index contributed by atoms with van der Waals surface area (Å²) in [7, 11) is 0. The van der Waals surface area contributed by atoms with Crippen molar-refractivity contribution in [3.8, 4) is 0 Å². The van der Waals surface area contributed by atoms with E-state index in [1.54, 1.807) is 12.4 Å². The predicted octanol–water partition coefficient (Wildman–Crippen LogP) is -0.0545. The van der Waals surface area contributed by atoms with Crippen LogP contribution in [0.3, 0.4) is 0 Å². The van der Waals surface area contributed by atoms with E-state index in [2.05, 4.69) is 11.6 Å². The number of aromatic nitrogens is 2. The van der Waals surface area contributed by atoms with Crippen LogP contribution in [0.5, 0.6) is 0 Å². The summed E-state index contributed by atoms with van der Waals surface area (Å²) in [5.41, 5.74) is 5.56. The van der Waals surface area contributed by atoms with Gasteiger partial charge in [-0.25, -0.2) is 4.57 Å². The number of H-pyrrole nitrogens is 1. The minimum Gasteiger partial charge on any atom is -0.289 e. The molecule has 1 rings (SSSR count). The average Bonchev–Trinajstić information content (AvgIpc) is 2.37. The first kappa shape index (κ1) is 6.04. The summed E-state index contributed by atoms with van der Waals surface area (Å²) in [5.74, 6) is 0. The zero-order valence-corrected chi connectivity index (χ0v) is 5.12. The van der Waals surface area contributed by atoms with E-state index in [4.69, 9.17) is 5.73 Å². The first-order valence-electron chi connectivity index (χ1n) is 2.76. The molecular formula is C6H10N3+. The number of nitrogens with zero attached hydrogens (tertiary/aromatic N) is 1. The Bertz CT molecular complexity index is 178. The van der Waals surface area contributed by atoms with Crippen molar-refractivity contribution in [1.29, 1.82) is 0 Å². The van der Waals surface area contributed by atoms with Crippen LogP contribution in [0.4, 0.5) is 0 Å². The molecule has 0 amide bonds. The highest BCUT2D eigenvalue weighted by molar-refractivity contribution is 4.70. The molecule has 1 aromatic rings. The van der Waals surface area contributed by atoms with Gasteiger partial charge in [0.05, 0.1) is 0 Å². The standard InChI is InChI=1S/C6H9N3/c1-2-6(7)9-4-3-8-5-9/h2-6H,1,7H2/p+1. The van der Waals surface area contributed by atoms with E-state index in [9.17, 15) is 0 Å². The highest BCUT2D eigenvalue weighted by atomic mass is 15.1. The molecule has 0 saturated heterocycles. The first-order valence-corrected chi connectivity index (χ1v) is 2.76. The molecule has 3 N–H and O–H groups in total. The van der Waals surface area contributed by atoms with Gasteiger partial charge in [0.25, 0.3) is 0 Å². The Morgan fingerprint density at radius 2 is 2.56 bits per heavy atom. The highest BCUT2D eigenvalue weighted by Gasteiger charge is 2.01. The normalized spacial score (nSPS) is 13.0. The number of imidazole rings is 1. The smallest absolute Gasteiger partial charge is 0.243 e. The minimum atomic E-state index is -0.115. The lowest BCUT2D eigenvalue weighted by molar-refractivity contribution is -0.710. The molecule has 0 aromatic carbocycles. The van der Waals surface area contributed by atoms with Crippen molar-refractivity contribution in [3.63, 3.8) is 0 Å². The van der Waals surface area contributed by atoms with Crippen molar-refractivity contribution >= 4 is 0 Å². The molecule has 0 saturated carbocycles. The third kappa shape index (κ3) is 1.17. The molecule has 0 aliphatic heterocycles. The van der Waals surface area contributed by atoms with Crippen molar-refractivity contribution in [1.82, 2.24) is 4.98 Å². The Morgan fingerprint density at radius 1 is 1.78 bits per heavy atom. The van der Waals surface area contributed by atoms with E-state index in [-0.39, 0.29) is 6.17 Å². The summed E-state index contributed by atoms with van der Waals surface area (Å²) in [6.45, 7) is 3.56. The van der Waals surface area contributed by atoms with Crippen LogP contribution in [0.25, 0.3) is 0 Å². The topological polar surface area (TPSA) is 45.7 Å². The van der Waals surface area contributed by atoms with Crippen molar-refractivity contribution in [2.75, 3.05) is 0 Å². The lowest BCUT2D eigenvalue weighted by Gasteiger charge is -1.97. The van der Waals surface area contributed by atoms with Gasteiger partial charge in [-0.3, -0.25) is 10.7 Å². The second kappa shape index (κ2) is 2.46. The van der Waals surface area contributed by atoms with E-state index in [0.717, 1.165) is 0 Å². The van der Waals surface area contributed by atoms with Gasteiger partial charge in [0.1, 0.15) is 12.4 Å². The average molecular weight is 124 g/mol. The Hall–Kier alpha value is -1.09. The van der Waals surface area contributed by atoms with E-state index in [1.165, 1.54) is 0 Å². The van der Waals surface area contributed by atoms with Crippen LogP contribution in [-0.2, 0) is 0 Å². The maximum Gasteiger partial charge on any atom is 0.243 e. The van der Waals surface area contributed by atoms with Gasteiger partial charge in [0.15, 0.2) is 6.17 Å². The van der Waals surface area contributed by atoms with Gasteiger partial charge in [0.2, 0.25) is 6.33 Å². The molecular weight excluding hydrogens is 114 g/mol. The SMILES string of the molecule is C=CC(N)[n+]1cc[nH]c1. The Kier molecular flexibility index (Phi) is 1.65. The van der Waals surface area contributed by atoms with Crippen LogP contribution in [0.15, 0.2) is 31.4 Å². The third-order valence-corrected chi connectivity index (χ3v) is 1.15. The summed E-state index contributed by atoms with van der Waals surface area (Å²) in [5, 5.41) is 0. The zero-order valence-electron chi connectivity index (χ0n) is 5.12. The maximum atomic E-state index is 5.56. The van der Waals surface area contributed by atoms with E-state index in [0.29, 0.717) is 0 Å². The van der Waals surface area contributed by atoms with Crippen LogP contribution in [0, 0.1) is 0 Å². The number of hydrogen-bond acceptors (Lipinski definition) is 1. The van der Waals surface area contributed by atoms with Gasteiger partial charge in [-0.2, -0.15) is 0 Å². The fourth-order valence-corrected chi connectivity index (χ4v) is 0.608. The number of nitrogens with one attached hydrogen (secondary N) is 1. The Morgan fingerprint density at radius 3 is 3.00 bits per heavy atom. The summed E-state index contributed by atoms with van der Waals surface area (Å²) in [6, 6.07) is 0. The summed E-state index contributed by atoms with van der Waals surface area (Å²) >= 11 is 0. The molecule has 1 atom stereocenters. The van der Waals surface area contributed by atoms with Gasteiger partial charge >= 0.3 is 0 Å². The number of aromatic amines is 1. The third-order valence-electron chi connectivity index (χ3n) is 1.15. The van der Waals surface area contributed by atoms with Crippen molar-refractivity contribution < 1.29 is 4.57 Å². The molecule has 0 radical (unpaired) electrons. The molecule has 1 heterocycles. The Balaban J connectivity index is 2.76. The second-order valence-corrected chi connectivity index (χ2v) is 1.79. The van der Waals surface area contributed by atoms with Gasteiger partial charge in [0, 0.05) is 0 Å². The van der Waals surface area contributed by atoms with Gasteiger partial charge in [-0.05, 0) is 6.08 Å². The summed E-state index contributed by atoms with van der Waals surface area (Å²) in [6.07, 6.45) is 7.01.